The normalized spacial score (nSPS) is 12.4. The number of unbranched alkanes of at least 4 members (excludes halogenated alkanes) is 33. The van der Waals surface area contributed by atoms with E-state index in [0.29, 0.717) is 19.3 Å². The van der Waals surface area contributed by atoms with Crippen LogP contribution in [0.1, 0.15) is 291 Å². The van der Waals surface area contributed by atoms with Crippen LogP contribution < -0.4 is 0 Å². The minimum Gasteiger partial charge on any atom is -0.462 e. The molecule has 6 heteroatoms. The maximum absolute atomic E-state index is 12.8. The molecule has 2 atom stereocenters. The van der Waals surface area contributed by atoms with Crippen LogP contribution >= 0.6 is 0 Å². The Morgan fingerprint density at radius 2 is 0.603 bits per heavy atom. The van der Waals surface area contributed by atoms with E-state index in [0.717, 1.165) is 63.7 Å². The standard InChI is InChI=1S/C52H100O6/c1-5-8-10-12-14-16-17-18-19-20-21-22-23-28-32-36-40-44-51(54)57-47-49(46-56-50(53)43-39-35-31-26-15-13-11-9-6-2)58-52(55)45-41-37-33-29-25-24-27-30-34-38-42-48(4)7-3/h48-49H,5-47H2,1-4H3/t48?,49-/m0/s1. The van der Waals surface area contributed by atoms with Crippen molar-refractivity contribution in [3.05, 3.63) is 0 Å². The fraction of sp³-hybridized carbons (Fsp3) is 0.942. The van der Waals surface area contributed by atoms with Crippen LogP contribution in [0, 0.1) is 5.92 Å². The van der Waals surface area contributed by atoms with Gasteiger partial charge in [-0.25, -0.2) is 0 Å². The first-order chi connectivity index (χ1) is 28.4. The quantitative estimate of drug-likeness (QED) is 0.0346. The number of hydrogen-bond donors (Lipinski definition) is 0. The van der Waals surface area contributed by atoms with E-state index in [1.165, 1.54) is 186 Å². The smallest absolute Gasteiger partial charge is 0.306 e. The maximum Gasteiger partial charge on any atom is 0.306 e. The molecule has 0 rings (SSSR count). The summed E-state index contributed by atoms with van der Waals surface area (Å²) in [5.74, 6) is 0.0197. The molecule has 0 spiro atoms. The van der Waals surface area contributed by atoms with Gasteiger partial charge < -0.3 is 14.2 Å². The topological polar surface area (TPSA) is 78.9 Å². The summed E-state index contributed by atoms with van der Waals surface area (Å²) in [6.45, 7) is 9.03. The van der Waals surface area contributed by atoms with Crippen molar-refractivity contribution in [3.63, 3.8) is 0 Å². The van der Waals surface area contributed by atoms with Gasteiger partial charge in [-0.3, -0.25) is 14.4 Å². The molecule has 6 nitrogen and oxygen atoms in total. The molecular weight excluding hydrogens is 721 g/mol. The Labute approximate surface area is 361 Å². The molecule has 0 saturated carbocycles. The van der Waals surface area contributed by atoms with Gasteiger partial charge in [0.25, 0.3) is 0 Å². The monoisotopic (exact) mass is 821 g/mol. The van der Waals surface area contributed by atoms with Crippen LogP contribution in [0.2, 0.25) is 0 Å². The van der Waals surface area contributed by atoms with Crippen molar-refractivity contribution in [1.29, 1.82) is 0 Å². The Bertz CT molecular complexity index is 874. The lowest BCUT2D eigenvalue weighted by atomic mass is 9.99. The lowest BCUT2D eigenvalue weighted by Crippen LogP contribution is -2.30. The predicted octanol–water partition coefficient (Wildman–Crippen LogP) is 16.7. The third-order valence-corrected chi connectivity index (χ3v) is 12.2. The van der Waals surface area contributed by atoms with Gasteiger partial charge in [-0.2, -0.15) is 0 Å². The van der Waals surface area contributed by atoms with Crippen LogP contribution in [0.25, 0.3) is 0 Å². The third-order valence-electron chi connectivity index (χ3n) is 12.2. The van der Waals surface area contributed by atoms with E-state index >= 15 is 0 Å². The summed E-state index contributed by atoms with van der Waals surface area (Å²) in [5.41, 5.74) is 0. The highest BCUT2D eigenvalue weighted by Crippen LogP contribution is 2.18. The van der Waals surface area contributed by atoms with Gasteiger partial charge in [0.1, 0.15) is 13.2 Å². The van der Waals surface area contributed by atoms with Gasteiger partial charge in [0.15, 0.2) is 6.10 Å². The zero-order valence-electron chi connectivity index (χ0n) is 39.5. The molecule has 0 aliphatic carbocycles. The van der Waals surface area contributed by atoms with Crippen molar-refractivity contribution < 1.29 is 28.6 Å². The number of carbonyl (C=O) groups is 3. The lowest BCUT2D eigenvalue weighted by molar-refractivity contribution is -0.167. The Morgan fingerprint density at radius 1 is 0.345 bits per heavy atom. The summed E-state index contributed by atoms with van der Waals surface area (Å²) in [6.07, 6.45) is 48.0. The Balaban J connectivity index is 4.26. The average Bonchev–Trinajstić information content (AvgIpc) is 3.22. The highest BCUT2D eigenvalue weighted by molar-refractivity contribution is 5.71. The molecule has 0 amide bonds. The van der Waals surface area contributed by atoms with Crippen LogP contribution in [-0.4, -0.2) is 37.2 Å². The van der Waals surface area contributed by atoms with Crippen molar-refractivity contribution in [2.24, 2.45) is 5.92 Å². The average molecular weight is 821 g/mol. The van der Waals surface area contributed by atoms with E-state index in [1.807, 2.05) is 0 Å². The molecule has 0 fully saturated rings. The molecule has 0 aromatic carbocycles. The zero-order valence-corrected chi connectivity index (χ0v) is 39.5. The number of carbonyl (C=O) groups excluding carboxylic acids is 3. The predicted molar refractivity (Wildman–Crippen MR) is 247 cm³/mol. The third kappa shape index (κ3) is 44.0. The minimum atomic E-state index is -0.760. The Hall–Kier alpha value is -1.59. The number of rotatable bonds is 47. The molecule has 1 unspecified atom stereocenters. The number of hydrogen-bond acceptors (Lipinski definition) is 6. The van der Waals surface area contributed by atoms with Crippen LogP contribution in [0.3, 0.4) is 0 Å². The van der Waals surface area contributed by atoms with Crippen LogP contribution in [0.15, 0.2) is 0 Å². The van der Waals surface area contributed by atoms with E-state index in [-0.39, 0.29) is 31.1 Å². The summed E-state index contributed by atoms with van der Waals surface area (Å²) in [4.78, 5) is 37.9. The Morgan fingerprint density at radius 3 is 0.897 bits per heavy atom. The molecule has 0 N–H and O–H groups in total. The van der Waals surface area contributed by atoms with Gasteiger partial charge in [0.2, 0.25) is 0 Å². The second-order valence-electron chi connectivity index (χ2n) is 18.1. The van der Waals surface area contributed by atoms with Gasteiger partial charge in [-0.1, -0.05) is 252 Å². The second-order valence-corrected chi connectivity index (χ2v) is 18.1. The molecule has 58 heavy (non-hydrogen) atoms. The first-order valence-electron chi connectivity index (χ1n) is 25.9. The van der Waals surface area contributed by atoms with Crippen molar-refractivity contribution in [2.45, 2.75) is 297 Å². The first kappa shape index (κ1) is 56.4. The summed E-state index contributed by atoms with van der Waals surface area (Å²) < 4.78 is 16.8. The van der Waals surface area contributed by atoms with Crippen LogP contribution in [0.5, 0.6) is 0 Å². The number of ether oxygens (including phenoxy) is 3. The summed E-state index contributed by atoms with van der Waals surface area (Å²) in [5, 5.41) is 0. The lowest BCUT2D eigenvalue weighted by Gasteiger charge is -2.18. The zero-order chi connectivity index (χ0) is 42.4. The molecule has 0 aliphatic heterocycles. The van der Waals surface area contributed by atoms with Gasteiger partial charge in [0, 0.05) is 19.3 Å². The number of esters is 3. The SMILES string of the molecule is CCCCCCCCCCCCCCCCCCCC(=O)OC[C@H](COC(=O)CCCCCCCCCCC)OC(=O)CCCCCCCCCCCCC(C)CC. The summed E-state index contributed by atoms with van der Waals surface area (Å²) >= 11 is 0. The van der Waals surface area contributed by atoms with E-state index in [4.69, 9.17) is 14.2 Å². The molecular formula is C52H100O6. The minimum absolute atomic E-state index is 0.0630. The van der Waals surface area contributed by atoms with E-state index in [2.05, 4.69) is 27.7 Å². The molecule has 0 heterocycles. The highest BCUT2D eigenvalue weighted by Gasteiger charge is 2.19. The van der Waals surface area contributed by atoms with Gasteiger partial charge in [0.05, 0.1) is 0 Å². The van der Waals surface area contributed by atoms with E-state index < -0.39 is 6.10 Å². The maximum atomic E-state index is 12.8. The van der Waals surface area contributed by atoms with Crippen molar-refractivity contribution in [3.8, 4) is 0 Å². The fourth-order valence-corrected chi connectivity index (χ4v) is 7.83. The van der Waals surface area contributed by atoms with Crippen molar-refractivity contribution in [2.75, 3.05) is 13.2 Å². The molecule has 0 aromatic heterocycles. The highest BCUT2D eigenvalue weighted by atomic mass is 16.6. The molecule has 0 saturated heterocycles. The molecule has 344 valence electrons. The van der Waals surface area contributed by atoms with Crippen molar-refractivity contribution in [1.82, 2.24) is 0 Å². The fourth-order valence-electron chi connectivity index (χ4n) is 7.83. The first-order valence-corrected chi connectivity index (χ1v) is 25.9. The molecule has 0 aromatic rings. The largest absolute Gasteiger partial charge is 0.462 e. The molecule has 0 radical (unpaired) electrons. The van der Waals surface area contributed by atoms with E-state index in [1.54, 1.807) is 0 Å². The van der Waals surface area contributed by atoms with Gasteiger partial charge in [-0.05, 0) is 25.2 Å². The molecule has 0 bridgehead atoms. The van der Waals surface area contributed by atoms with Gasteiger partial charge >= 0.3 is 17.9 Å². The Kier molecular flexibility index (Phi) is 45.2. The summed E-state index contributed by atoms with van der Waals surface area (Å²) in [7, 11) is 0. The second kappa shape index (κ2) is 46.5. The van der Waals surface area contributed by atoms with Gasteiger partial charge in [-0.15, -0.1) is 0 Å². The van der Waals surface area contributed by atoms with Crippen LogP contribution in [-0.2, 0) is 28.6 Å². The van der Waals surface area contributed by atoms with Crippen molar-refractivity contribution >= 4 is 17.9 Å². The molecule has 0 aliphatic rings. The summed E-state index contributed by atoms with van der Waals surface area (Å²) in [6, 6.07) is 0. The van der Waals surface area contributed by atoms with Crippen LogP contribution in [0.4, 0.5) is 0 Å². The van der Waals surface area contributed by atoms with E-state index in [9.17, 15) is 14.4 Å².